The van der Waals surface area contributed by atoms with E-state index in [-0.39, 0.29) is 0 Å². The third-order valence-corrected chi connectivity index (χ3v) is 8.13. The van der Waals surface area contributed by atoms with Crippen LogP contribution < -0.4 is 0 Å². The Balaban J connectivity index is 1.55. The fraction of sp³-hybridized carbons (Fsp3) is 0.0263. The predicted molar refractivity (Wildman–Crippen MR) is 174 cm³/mol. The molecule has 0 aliphatic heterocycles. The van der Waals surface area contributed by atoms with E-state index < -0.39 is 0 Å². The van der Waals surface area contributed by atoms with Crippen LogP contribution in [0.5, 0.6) is 0 Å². The molecule has 8 rings (SSSR count). The van der Waals surface area contributed by atoms with Gasteiger partial charge in [-0.15, -0.1) is 0 Å². The molecule has 0 atom stereocenters. The van der Waals surface area contributed by atoms with E-state index in [1.165, 1.54) is 38.2 Å². The number of hydrogen-bond acceptors (Lipinski definition) is 3. The molecule has 2 heterocycles. The Kier molecular flexibility index (Phi) is 5.47. The molecule has 1 aliphatic carbocycles. The lowest BCUT2D eigenvalue weighted by Crippen LogP contribution is -2.06. The van der Waals surface area contributed by atoms with Crippen molar-refractivity contribution in [1.82, 2.24) is 19.5 Å². The second kappa shape index (κ2) is 9.50. The molecule has 0 unspecified atom stereocenters. The fourth-order valence-corrected chi connectivity index (χ4v) is 6.39. The predicted octanol–water partition coefficient (Wildman–Crippen LogP) is 9.44. The molecular weight excluding hydrogens is 512 g/mol. The van der Waals surface area contributed by atoms with Gasteiger partial charge in [0, 0.05) is 21.9 Å². The van der Waals surface area contributed by atoms with Crippen molar-refractivity contribution in [1.29, 1.82) is 0 Å². The first-order valence-electron chi connectivity index (χ1n) is 14.1. The highest BCUT2D eigenvalue weighted by Crippen LogP contribution is 2.48. The molecule has 198 valence electrons. The first kappa shape index (κ1) is 24.2. The van der Waals surface area contributed by atoms with Gasteiger partial charge in [0.25, 0.3) is 0 Å². The van der Waals surface area contributed by atoms with E-state index in [1.807, 2.05) is 66.7 Å². The molecule has 2 aromatic heterocycles. The number of nitrogens with zero attached hydrogens (tertiary/aromatic N) is 4. The normalized spacial score (nSPS) is 14.5. The Labute approximate surface area is 243 Å². The van der Waals surface area contributed by atoms with E-state index in [0.717, 1.165) is 27.7 Å². The smallest absolute Gasteiger partial charge is 0.238 e. The summed E-state index contributed by atoms with van der Waals surface area (Å²) in [5, 5.41) is 4.85. The summed E-state index contributed by atoms with van der Waals surface area (Å²) < 4.78 is 2.21. The first-order chi connectivity index (χ1) is 20.8. The summed E-state index contributed by atoms with van der Waals surface area (Å²) in [6.07, 6.45) is 6.22. The highest BCUT2D eigenvalue weighted by atomic mass is 15.2. The van der Waals surface area contributed by atoms with Gasteiger partial charge < -0.3 is 0 Å². The molecule has 4 nitrogen and oxygen atoms in total. The molecule has 0 spiro atoms. The van der Waals surface area contributed by atoms with E-state index in [1.54, 1.807) is 0 Å². The van der Waals surface area contributed by atoms with Crippen LogP contribution in [0.15, 0.2) is 134 Å². The molecule has 0 saturated heterocycles. The molecule has 0 saturated carbocycles. The zero-order valence-corrected chi connectivity index (χ0v) is 23.1. The van der Waals surface area contributed by atoms with Gasteiger partial charge in [0.05, 0.1) is 11.0 Å². The molecule has 42 heavy (non-hydrogen) atoms. The van der Waals surface area contributed by atoms with Gasteiger partial charge in [0.1, 0.15) is 0 Å². The van der Waals surface area contributed by atoms with E-state index in [2.05, 4.69) is 78.8 Å². The van der Waals surface area contributed by atoms with Crippen LogP contribution in [-0.4, -0.2) is 19.5 Å². The lowest BCUT2D eigenvalue weighted by Gasteiger charge is -2.15. The van der Waals surface area contributed by atoms with E-state index in [9.17, 15) is 0 Å². The van der Waals surface area contributed by atoms with Crippen LogP contribution in [-0.2, 0) is 0 Å². The summed E-state index contributed by atoms with van der Waals surface area (Å²) in [5.74, 6) is 1.88. The van der Waals surface area contributed by atoms with Crippen molar-refractivity contribution in [3.8, 4) is 28.7 Å². The summed E-state index contributed by atoms with van der Waals surface area (Å²) in [5.41, 5.74) is 8.78. The minimum atomic E-state index is 0.595. The largest absolute Gasteiger partial charge is 0.278 e. The van der Waals surface area contributed by atoms with Gasteiger partial charge in [-0.2, -0.15) is 9.97 Å². The van der Waals surface area contributed by atoms with Crippen molar-refractivity contribution in [2.75, 3.05) is 0 Å². The molecule has 5 aromatic carbocycles. The van der Waals surface area contributed by atoms with E-state index >= 15 is 0 Å². The van der Waals surface area contributed by atoms with Crippen LogP contribution in [0.25, 0.3) is 72.4 Å². The number of rotatable bonds is 4. The molecule has 0 radical (unpaired) electrons. The van der Waals surface area contributed by atoms with Gasteiger partial charge in [-0.1, -0.05) is 122 Å². The second-order valence-corrected chi connectivity index (χ2v) is 10.4. The van der Waals surface area contributed by atoms with Crippen LogP contribution in [0.4, 0.5) is 0 Å². The first-order valence-corrected chi connectivity index (χ1v) is 14.1. The highest BCUT2D eigenvalue weighted by Gasteiger charge is 2.26. The van der Waals surface area contributed by atoms with E-state index in [4.69, 9.17) is 15.0 Å². The Bertz CT molecular complexity index is 2200. The van der Waals surface area contributed by atoms with Crippen LogP contribution in [0.3, 0.4) is 0 Å². The lowest BCUT2D eigenvalue weighted by molar-refractivity contribution is 0.953. The molecule has 0 bridgehead atoms. The molecule has 0 N–H and O–H groups in total. The monoisotopic (exact) mass is 538 g/mol. The number of allylic oxidation sites excluding steroid dienone is 5. The average Bonchev–Trinajstić information content (AvgIpc) is 3.34. The maximum Gasteiger partial charge on any atom is 0.238 e. The maximum atomic E-state index is 5.11. The van der Waals surface area contributed by atoms with Crippen LogP contribution >= 0.6 is 0 Å². The van der Waals surface area contributed by atoms with Crippen molar-refractivity contribution in [3.05, 3.63) is 145 Å². The molecule has 0 amide bonds. The second-order valence-electron chi connectivity index (χ2n) is 10.4. The third kappa shape index (κ3) is 3.52. The molecule has 7 aromatic rings. The Morgan fingerprint density at radius 3 is 1.83 bits per heavy atom. The Morgan fingerprint density at radius 2 is 1.19 bits per heavy atom. The van der Waals surface area contributed by atoms with Gasteiger partial charge in [0.2, 0.25) is 5.95 Å². The average molecular weight is 539 g/mol. The van der Waals surface area contributed by atoms with Crippen LogP contribution in [0.2, 0.25) is 0 Å². The number of hydrogen-bond donors (Lipinski definition) is 0. The molecular formula is C38H26N4. The quantitative estimate of drug-likeness (QED) is 0.224. The fourth-order valence-electron chi connectivity index (χ4n) is 6.39. The Hall–Kier alpha value is -5.61. The summed E-state index contributed by atoms with van der Waals surface area (Å²) in [7, 11) is 0. The minimum Gasteiger partial charge on any atom is -0.278 e. The van der Waals surface area contributed by atoms with Crippen molar-refractivity contribution in [2.24, 2.45) is 0 Å². The van der Waals surface area contributed by atoms with Gasteiger partial charge in [-0.3, -0.25) is 4.57 Å². The standard InChI is InChI=1S/C38H26N4/c1-3-13-28-27(4-2)29-19-11-18-24-22-23-32-35(33(24)29)34-30(28)20-12-21-31(34)42(32)38-40-36(25-14-7-5-8-15-25)39-37(41-38)26-16-9-6-10-17-26/h3-23H,1H2,2H3/b27-4+,28-13+. The zero-order valence-electron chi connectivity index (χ0n) is 23.1. The van der Waals surface area contributed by atoms with Crippen molar-refractivity contribution in [3.63, 3.8) is 0 Å². The third-order valence-electron chi connectivity index (χ3n) is 8.13. The van der Waals surface area contributed by atoms with Gasteiger partial charge in [-0.25, -0.2) is 4.98 Å². The van der Waals surface area contributed by atoms with Crippen LogP contribution in [0, 0.1) is 0 Å². The Morgan fingerprint density at radius 1 is 0.571 bits per heavy atom. The van der Waals surface area contributed by atoms with Crippen molar-refractivity contribution in [2.45, 2.75) is 6.92 Å². The van der Waals surface area contributed by atoms with Crippen molar-refractivity contribution < 1.29 is 0 Å². The topological polar surface area (TPSA) is 43.6 Å². The lowest BCUT2D eigenvalue weighted by atomic mass is 9.91. The number of aromatic nitrogens is 4. The summed E-state index contributed by atoms with van der Waals surface area (Å²) >= 11 is 0. The van der Waals surface area contributed by atoms with Gasteiger partial charge in [-0.05, 0) is 52.1 Å². The summed E-state index contributed by atoms with van der Waals surface area (Å²) in [6.45, 7) is 6.17. The van der Waals surface area contributed by atoms with Gasteiger partial charge >= 0.3 is 0 Å². The van der Waals surface area contributed by atoms with Crippen molar-refractivity contribution >= 4 is 43.7 Å². The SMILES string of the molecule is C=C/C=C1\C(=C/C)c2cccc3ccc4c(c23)c2c1cccc2n4-c1nc(-c2ccccc2)nc(-c2ccccc2)n1. The minimum absolute atomic E-state index is 0.595. The van der Waals surface area contributed by atoms with E-state index in [0.29, 0.717) is 17.6 Å². The highest BCUT2D eigenvalue weighted by molar-refractivity contribution is 6.31. The molecule has 0 fully saturated rings. The maximum absolute atomic E-state index is 5.11. The summed E-state index contributed by atoms with van der Waals surface area (Å²) in [6, 6.07) is 37.7. The number of benzene rings is 5. The van der Waals surface area contributed by atoms with Gasteiger partial charge in [0.15, 0.2) is 11.6 Å². The molecule has 1 aliphatic rings. The zero-order chi connectivity index (χ0) is 28.2. The summed E-state index contributed by atoms with van der Waals surface area (Å²) in [4.78, 5) is 15.1. The van der Waals surface area contributed by atoms with Crippen LogP contribution in [0.1, 0.15) is 18.1 Å². The molecule has 4 heteroatoms.